The second kappa shape index (κ2) is 12.6. The fraction of sp³-hybridized carbons (Fsp3) is 0.161. The number of ether oxygens (including phenoxy) is 1. The Morgan fingerprint density at radius 3 is 2.27 bits per heavy atom. The molecule has 0 fully saturated rings. The molecule has 0 bridgehead atoms. The molecule has 0 aliphatic carbocycles. The summed E-state index contributed by atoms with van der Waals surface area (Å²) < 4.78 is 11.3. The second-order valence-corrected chi connectivity index (χ2v) is 9.53. The largest absolute Gasteiger partial charge is 0.463 e. The quantitative estimate of drug-likeness (QED) is 0.124. The third kappa shape index (κ3) is 6.82. The molecule has 0 spiro atoms. The van der Waals surface area contributed by atoms with Gasteiger partial charge >= 0.3 is 5.97 Å². The van der Waals surface area contributed by atoms with E-state index in [0.29, 0.717) is 23.4 Å². The molecule has 1 aromatic heterocycles. The number of anilines is 1. The maximum absolute atomic E-state index is 13.3. The van der Waals surface area contributed by atoms with Crippen LogP contribution in [0.5, 0.6) is 0 Å². The van der Waals surface area contributed by atoms with Gasteiger partial charge in [0.1, 0.15) is 18.2 Å². The van der Waals surface area contributed by atoms with Crippen LogP contribution in [0.4, 0.5) is 5.69 Å². The Balaban J connectivity index is 1.64. The van der Waals surface area contributed by atoms with E-state index in [9.17, 15) is 14.4 Å². The maximum atomic E-state index is 13.3. The molecule has 2 amide bonds. The molecule has 5 N–H and O–H groups in total. The summed E-state index contributed by atoms with van der Waals surface area (Å²) in [5, 5.41) is 13.1. The van der Waals surface area contributed by atoms with Crippen molar-refractivity contribution in [3.8, 4) is 11.3 Å². The molecule has 0 radical (unpaired) electrons. The van der Waals surface area contributed by atoms with Crippen LogP contribution in [0.1, 0.15) is 56.0 Å². The van der Waals surface area contributed by atoms with Crippen molar-refractivity contribution in [3.05, 3.63) is 113 Å². The zero-order chi connectivity index (χ0) is 28.6. The summed E-state index contributed by atoms with van der Waals surface area (Å²) in [4.78, 5) is 39.3. The number of amides is 2. The number of hydrogen-bond acceptors (Lipinski definition) is 6. The van der Waals surface area contributed by atoms with Gasteiger partial charge in [0.15, 0.2) is 0 Å². The van der Waals surface area contributed by atoms with Crippen LogP contribution in [0.3, 0.4) is 0 Å². The Hall–Kier alpha value is -5.18. The fourth-order valence-electron chi connectivity index (χ4n) is 3.88. The molecular weight excluding hydrogens is 508 g/mol. The van der Waals surface area contributed by atoms with Gasteiger partial charge in [0.25, 0.3) is 11.8 Å². The predicted octanol–water partition coefficient (Wildman–Crippen LogP) is 5.23. The molecule has 9 heteroatoms. The van der Waals surface area contributed by atoms with Crippen molar-refractivity contribution >= 4 is 29.3 Å². The fourth-order valence-corrected chi connectivity index (χ4v) is 3.88. The Labute approximate surface area is 231 Å². The lowest BCUT2D eigenvalue weighted by Crippen LogP contribution is -2.27. The number of nitrogen functional groups attached to an aromatic ring is 1. The summed E-state index contributed by atoms with van der Waals surface area (Å²) in [5.41, 5.74) is 8.17. The first-order valence-electron chi connectivity index (χ1n) is 12.7. The molecule has 3 aromatic carbocycles. The summed E-state index contributed by atoms with van der Waals surface area (Å²) >= 11 is 0. The van der Waals surface area contributed by atoms with Crippen LogP contribution in [-0.2, 0) is 11.3 Å². The number of amidine groups is 1. The Bertz CT molecular complexity index is 1530. The molecule has 0 atom stereocenters. The van der Waals surface area contributed by atoms with Crippen LogP contribution in [-0.4, -0.2) is 30.2 Å². The van der Waals surface area contributed by atoms with Crippen LogP contribution in [0.2, 0.25) is 0 Å². The van der Waals surface area contributed by atoms with Gasteiger partial charge < -0.3 is 25.5 Å². The van der Waals surface area contributed by atoms with E-state index in [2.05, 4.69) is 10.6 Å². The number of nitrogens with two attached hydrogens (primary N) is 1. The van der Waals surface area contributed by atoms with Crippen molar-refractivity contribution in [2.24, 2.45) is 11.7 Å². The molecule has 0 aliphatic heterocycles. The monoisotopic (exact) mass is 538 g/mol. The molecule has 0 aliphatic rings. The van der Waals surface area contributed by atoms with Gasteiger partial charge in [-0.2, -0.15) is 0 Å². The lowest BCUT2D eigenvalue weighted by atomic mass is 9.99. The third-order valence-electron chi connectivity index (χ3n) is 5.99. The van der Waals surface area contributed by atoms with Gasteiger partial charge in [0.05, 0.1) is 17.4 Å². The van der Waals surface area contributed by atoms with Gasteiger partial charge in [-0.15, -0.1) is 0 Å². The number of benzene rings is 3. The molecule has 4 aromatic rings. The first-order chi connectivity index (χ1) is 19.2. The number of rotatable bonds is 10. The normalized spacial score (nSPS) is 10.7. The number of hydrogen-bond donors (Lipinski definition) is 4. The Morgan fingerprint density at radius 2 is 1.60 bits per heavy atom. The van der Waals surface area contributed by atoms with Gasteiger partial charge in [0, 0.05) is 28.9 Å². The van der Waals surface area contributed by atoms with E-state index in [-0.39, 0.29) is 46.7 Å². The SMILES string of the molecule is CC(C)CNC(=O)c1ccc(-c2occc2C(=O)Nc2ccc(C(=N)N)cc2)c(C(=O)OCc2ccccc2)c1. The number of carbonyl (C=O) groups excluding carboxylic acids is 3. The molecule has 0 saturated carbocycles. The lowest BCUT2D eigenvalue weighted by molar-refractivity contribution is 0.0473. The third-order valence-corrected chi connectivity index (χ3v) is 5.99. The van der Waals surface area contributed by atoms with Crippen LogP contribution in [0.15, 0.2) is 89.5 Å². The topological polar surface area (TPSA) is 148 Å². The second-order valence-electron chi connectivity index (χ2n) is 9.53. The van der Waals surface area contributed by atoms with Crippen molar-refractivity contribution < 1.29 is 23.5 Å². The minimum atomic E-state index is -0.667. The first kappa shape index (κ1) is 27.8. The van der Waals surface area contributed by atoms with E-state index < -0.39 is 11.9 Å². The van der Waals surface area contributed by atoms with Crippen LogP contribution < -0.4 is 16.4 Å². The standard InChI is InChI=1S/C31H30N4O5/c1-19(2)17-34-29(36)22-10-13-24(26(16-22)31(38)40-18-20-6-4-3-5-7-20)27-25(14-15-39-27)30(37)35-23-11-8-21(9-12-23)28(32)33/h3-16,19H,17-18H2,1-2H3,(H3,32,33)(H,34,36)(H,35,37). The van der Waals surface area contributed by atoms with E-state index in [4.69, 9.17) is 20.3 Å². The summed E-state index contributed by atoms with van der Waals surface area (Å²) in [5.74, 6) is -1.14. The summed E-state index contributed by atoms with van der Waals surface area (Å²) in [6, 6.07) is 21.8. The molecule has 204 valence electrons. The molecule has 9 nitrogen and oxygen atoms in total. The van der Waals surface area contributed by atoms with Gasteiger partial charge in [0.2, 0.25) is 0 Å². The van der Waals surface area contributed by atoms with E-state index in [1.807, 2.05) is 44.2 Å². The van der Waals surface area contributed by atoms with Crippen LogP contribution in [0, 0.1) is 11.3 Å². The average Bonchev–Trinajstić information content (AvgIpc) is 3.45. The number of nitrogens with one attached hydrogen (secondary N) is 3. The Kier molecular flexibility index (Phi) is 8.75. The highest BCUT2D eigenvalue weighted by Gasteiger charge is 2.24. The van der Waals surface area contributed by atoms with Gasteiger partial charge in [-0.3, -0.25) is 15.0 Å². The first-order valence-corrected chi connectivity index (χ1v) is 12.7. The van der Waals surface area contributed by atoms with Crippen molar-refractivity contribution in [1.29, 1.82) is 5.41 Å². The molecule has 4 rings (SSSR count). The highest BCUT2D eigenvalue weighted by Crippen LogP contribution is 2.31. The zero-order valence-corrected chi connectivity index (χ0v) is 22.2. The van der Waals surface area contributed by atoms with Crippen molar-refractivity contribution in [3.63, 3.8) is 0 Å². The van der Waals surface area contributed by atoms with Crippen molar-refractivity contribution in [2.45, 2.75) is 20.5 Å². The minimum Gasteiger partial charge on any atom is -0.463 e. The van der Waals surface area contributed by atoms with Gasteiger partial charge in [-0.25, -0.2) is 4.79 Å². The number of carbonyl (C=O) groups is 3. The smallest absolute Gasteiger partial charge is 0.339 e. The number of furan rings is 1. The summed E-state index contributed by atoms with van der Waals surface area (Å²) in [6.07, 6.45) is 1.35. The minimum absolute atomic E-state index is 0.0324. The van der Waals surface area contributed by atoms with Crippen molar-refractivity contribution in [1.82, 2.24) is 5.32 Å². The molecular formula is C31H30N4O5. The van der Waals surface area contributed by atoms with E-state index >= 15 is 0 Å². The van der Waals surface area contributed by atoms with Gasteiger partial charge in [-0.05, 0) is 60.0 Å². The summed E-state index contributed by atoms with van der Waals surface area (Å²) in [6.45, 7) is 4.47. The summed E-state index contributed by atoms with van der Waals surface area (Å²) in [7, 11) is 0. The van der Waals surface area contributed by atoms with E-state index in [1.165, 1.54) is 18.4 Å². The van der Waals surface area contributed by atoms with Gasteiger partial charge in [-0.1, -0.05) is 44.2 Å². The highest BCUT2D eigenvalue weighted by molar-refractivity contribution is 6.10. The van der Waals surface area contributed by atoms with E-state index in [0.717, 1.165) is 5.56 Å². The number of esters is 1. The molecule has 0 unspecified atom stereocenters. The van der Waals surface area contributed by atoms with Crippen LogP contribution in [0.25, 0.3) is 11.3 Å². The zero-order valence-electron chi connectivity index (χ0n) is 22.2. The average molecular weight is 539 g/mol. The maximum Gasteiger partial charge on any atom is 0.339 e. The molecule has 40 heavy (non-hydrogen) atoms. The predicted molar refractivity (Wildman–Crippen MR) is 152 cm³/mol. The highest BCUT2D eigenvalue weighted by atomic mass is 16.5. The van der Waals surface area contributed by atoms with E-state index in [1.54, 1.807) is 36.4 Å². The lowest BCUT2D eigenvalue weighted by Gasteiger charge is -2.13. The Morgan fingerprint density at radius 1 is 0.900 bits per heavy atom. The molecule has 1 heterocycles. The molecule has 0 saturated heterocycles. The van der Waals surface area contributed by atoms with Crippen LogP contribution >= 0.6 is 0 Å². The van der Waals surface area contributed by atoms with Crippen molar-refractivity contribution in [2.75, 3.05) is 11.9 Å².